The summed E-state index contributed by atoms with van der Waals surface area (Å²) < 4.78 is 16.3. The zero-order valence-corrected chi connectivity index (χ0v) is 11.1. The number of nitrogens with one attached hydrogen (secondary N) is 1. The summed E-state index contributed by atoms with van der Waals surface area (Å²) in [6.07, 6.45) is 2.06. The number of ether oxygens (including phenoxy) is 3. The van der Waals surface area contributed by atoms with Gasteiger partial charge in [-0.2, -0.15) is 0 Å². The largest absolute Gasteiger partial charge is 0.497 e. The fourth-order valence-corrected chi connectivity index (χ4v) is 2.06. The van der Waals surface area contributed by atoms with E-state index in [0.717, 1.165) is 26.1 Å². The summed E-state index contributed by atoms with van der Waals surface area (Å²) in [5.74, 6) is 1.88. The van der Waals surface area contributed by atoms with Crippen molar-refractivity contribution in [3.8, 4) is 11.5 Å². The minimum atomic E-state index is 0.00909. The zero-order chi connectivity index (χ0) is 13.7. The van der Waals surface area contributed by atoms with Gasteiger partial charge in [0.2, 0.25) is 0 Å². The molecule has 1 aromatic rings. The van der Waals surface area contributed by atoms with Crippen LogP contribution in [0.1, 0.15) is 18.4 Å². The van der Waals surface area contributed by atoms with Crippen LogP contribution in [0.4, 0.5) is 0 Å². The van der Waals surface area contributed by atoms with Gasteiger partial charge < -0.3 is 19.9 Å². The van der Waals surface area contributed by atoms with Crippen LogP contribution in [0.15, 0.2) is 18.2 Å². The molecule has 1 aliphatic rings. The predicted octanol–water partition coefficient (Wildman–Crippen LogP) is 1.78. The van der Waals surface area contributed by atoms with Crippen molar-refractivity contribution in [2.45, 2.75) is 12.8 Å². The quantitative estimate of drug-likeness (QED) is 0.628. The first-order valence-corrected chi connectivity index (χ1v) is 6.43. The molecule has 0 aliphatic carbocycles. The average molecular weight is 264 g/mol. The Kier molecular flexibility index (Phi) is 4.63. The predicted molar refractivity (Wildman–Crippen MR) is 73.0 cm³/mol. The van der Waals surface area contributed by atoms with E-state index in [1.54, 1.807) is 19.2 Å². The molecule has 0 unspecified atom stereocenters. The van der Waals surface area contributed by atoms with E-state index in [4.69, 9.17) is 25.4 Å². The number of methoxy groups -OCH3 is 1. The van der Waals surface area contributed by atoms with E-state index in [2.05, 4.69) is 0 Å². The van der Waals surface area contributed by atoms with E-state index in [1.807, 2.05) is 6.07 Å². The molecule has 5 heteroatoms. The average Bonchev–Trinajstić information content (AvgIpc) is 2.45. The van der Waals surface area contributed by atoms with Gasteiger partial charge in [0.25, 0.3) is 0 Å². The first-order chi connectivity index (χ1) is 9.19. The zero-order valence-electron chi connectivity index (χ0n) is 11.1. The molecule has 0 bridgehead atoms. The minimum absolute atomic E-state index is 0.00909. The molecule has 3 N–H and O–H groups in total. The third-order valence-electron chi connectivity index (χ3n) is 3.25. The maximum absolute atomic E-state index is 7.48. The summed E-state index contributed by atoms with van der Waals surface area (Å²) in [6, 6.07) is 5.31. The fraction of sp³-hybridized carbons (Fsp3) is 0.500. The Bertz CT molecular complexity index is 442. The number of amidine groups is 1. The molecule has 0 spiro atoms. The first-order valence-electron chi connectivity index (χ1n) is 6.43. The van der Waals surface area contributed by atoms with Crippen molar-refractivity contribution in [2.24, 2.45) is 11.7 Å². The second-order valence-electron chi connectivity index (χ2n) is 4.68. The second-order valence-corrected chi connectivity index (χ2v) is 4.68. The Hall–Kier alpha value is -1.75. The van der Waals surface area contributed by atoms with Gasteiger partial charge in [0.1, 0.15) is 17.3 Å². The van der Waals surface area contributed by atoms with Crippen LogP contribution in [-0.2, 0) is 4.74 Å². The van der Waals surface area contributed by atoms with E-state index < -0.39 is 0 Å². The van der Waals surface area contributed by atoms with Crippen LogP contribution in [0.25, 0.3) is 0 Å². The lowest BCUT2D eigenvalue weighted by atomic mass is 10.0. The molecule has 2 rings (SSSR count). The summed E-state index contributed by atoms with van der Waals surface area (Å²) in [4.78, 5) is 0. The molecular formula is C14H20N2O3. The van der Waals surface area contributed by atoms with Crippen LogP contribution in [-0.4, -0.2) is 32.8 Å². The summed E-state index contributed by atoms with van der Waals surface area (Å²) >= 11 is 0. The fourth-order valence-electron chi connectivity index (χ4n) is 2.06. The molecule has 1 aliphatic heterocycles. The van der Waals surface area contributed by atoms with E-state index in [-0.39, 0.29) is 5.84 Å². The van der Waals surface area contributed by atoms with Crippen molar-refractivity contribution < 1.29 is 14.2 Å². The van der Waals surface area contributed by atoms with Crippen LogP contribution in [0, 0.1) is 11.3 Å². The number of nitrogens with two attached hydrogens (primary N) is 1. The maximum atomic E-state index is 7.48. The van der Waals surface area contributed by atoms with Gasteiger partial charge >= 0.3 is 0 Å². The number of nitrogen functional groups attached to an aromatic ring is 1. The van der Waals surface area contributed by atoms with Gasteiger partial charge in [0.05, 0.1) is 13.7 Å². The van der Waals surface area contributed by atoms with Gasteiger partial charge in [-0.05, 0) is 30.9 Å². The Morgan fingerprint density at radius 2 is 2.00 bits per heavy atom. The first kappa shape index (κ1) is 13.7. The van der Waals surface area contributed by atoms with Gasteiger partial charge in [-0.1, -0.05) is 0 Å². The number of benzene rings is 1. The molecule has 0 radical (unpaired) electrons. The summed E-state index contributed by atoms with van der Waals surface area (Å²) in [6.45, 7) is 2.28. The number of hydrogen-bond donors (Lipinski definition) is 2. The molecule has 1 aromatic carbocycles. The lowest BCUT2D eigenvalue weighted by Crippen LogP contribution is -2.21. The van der Waals surface area contributed by atoms with Gasteiger partial charge in [-0.15, -0.1) is 0 Å². The van der Waals surface area contributed by atoms with Crippen LogP contribution in [0.5, 0.6) is 11.5 Å². The molecule has 0 saturated carbocycles. The van der Waals surface area contributed by atoms with Gasteiger partial charge in [0.15, 0.2) is 0 Å². The molecule has 19 heavy (non-hydrogen) atoms. The third kappa shape index (κ3) is 3.86. The highest BCUT2D eigenvalue weighted by molar-refractivity contribution is 5.95. The van der Waals surface area contributed by atoms with Crippen LogP contribution in [0.3, 0.4) is 0 Å². The Labute approximate surface area is 113 Å². The molecule has 104 valence electrons. The van der Waals surface area contributed by atoms with E-state index in [9.17, 15) is 0 Å². The van der Waals surface area contributed by atoms with Crippen molar-refractivity contribution in [2.75, 3.05) is 26.9 Å². The van der Waals surface area contributed by atoms with E-state index >= 15 is 0 Å². The van der Waals surface area contributed by atoms with Crippen LogP contribution < -0.4 is 15.2 Å². The van der Waals surface area contributed by atoms with Gasteiger partial charge in [-0.25, -0.2) is 0 Å². The SMILES string of the molecule is COc1cc(OCC2CCOCC2)cc(C(=N)N)c1. The molecule has 0 amide bonds. The molecule has 0 atom stereocenters. The minimum Gasteiger partial charge on any atom is -0.497 e. The highest BCUT2D eigenvalue weighted by Crippen LogP contribution is 2.24. The number of hydrogen-bond acceptors (Lipinski definition) is 4. The lowest BCUT2D eigenvalue weighted by molar-refractivity contribution is 0.0497. The van der Waals surface area contributed by atoms with Gasteiger partial charge in [0, 0.05) is 24.8 Å². The molecule has 1 heterocycles. The molecule has 0 aromatic heterocycles. The molecule has 5 nitrogen and oxygen atoms in total. The highest BCUT2D eigenvalue weighted by Gasteiger charge is 2.15. The molecule has 1 fully saturated rings. The summed E-state index contributed by atoms with van der Waals surface area (Å²) in [5.41, 5.74) is 6.11. The highest BCUT2D eigenvalue weighted by atomic mass is 16.5. The maximum Gasteiger partial charge on any atom is 0.123 e. The van der Waals surface area contributed by atoms with Gasteiger partial charge in [-0.3, -0.25) is 5.41 Å². The normalized spacial score (nSPS) is 16.1. The summed E-state index contributed by atoms with van der Waals surface area (Å²) in [7, 11) is 1.58. The van der Waals surface area contributed by atoms with Crippen molar-refractivity contribution in [3.05, 3.63) is 23.8 Å². The standard InChI is InChI=1S/C14H20N2O3/c1-17-12-6-11(14(15)16)7-13(8-12)19-9-10-2-4-18-5-3-10/h6-8,10H,2-5,9H2,1H3,(H3,15,16). The molecule has 1 saturated heterocycles. The Balaban J connectivity index is 2.02. The van der Waals surface area contributed by atoms with E-state index in [1.165, 1.54) is 0 Å². The van der Waals surface area contributed by atoms with Crippen molar-refractivity contribution in [1.29, 1.82) is 5.41 Å². The second kappa shape index (κ2) is 6.43. The van der Waals surface area contributed by atoms with Crippen LogP contribution >= 0.6 is 0 Å². The van der Waals surface area contributed by atoms with E-state index in [0.29, 0.717) is 29.6 Å². The Morgan fingerprint density at radius 1 is 1.32 bits per heavy atom. The smallest absolute Gasteiger partial charge is 0.123 e. The lowest BCUT2D eigenvalue weighted by Gasteiger charge is -2.22. The third-order valence-corrected chi connectivity index (χ3v) is 3.25. The molecular weight excluding hydrogens is 244 g/mol. The van der Waals surface area contributed by atoms with Crippen LogP contribution in [0.2, 0.25) is 0 Å². The van der Waals surface area contributed by atoms with Crippen molar-refractivity contribution in [3.63, 3.8) is 0 Å². The van der Waals surface area contributed by atoms with Crippen molar-refractivity contribution in [1.82, 2.24) is 0 Å². The van der Waals surface area contributed by atoms with Crippen molar-refractivity contribution >= 4 is 5.84 Å². The Morgan fingerprint density at radius 3 is 2.63 bits per heavy atom. The monoisotopic (exact) mass is 264 g/mol. The topological polar surface area (TPSA) is 77.6 Å². The number of rotatable bonds is 5. The summed E-state index contributed by atoms with van der Waals surface area (Å²) in [5, 5.41) is 7.48.